The molecule has 0 bridgehead atoms. The van der Waals surface area contributed by atoms with Crippen molar-refractivity contribution in [2.24, 2.45) is 0 Å². The average Bonchev–Trinajstić information content (AvgIpc) is 2.32. The van der Waals surface area contributed by atoms with Gasteiger partial charge in [0, 0.05) is 12.4 Å². The molecule has 1 aliphatic rings. The molecule has 0 aromatic rings. The van der Waals surface area contributed by atoms with Crippen molar-refractivity contribution >= 4 is 17.7 Å². The SMILES string of the molecule is C[C@@]1(CCl)CCCN1C(=O)O. The maximum Gasteiger partial charge on any atom is 0.407 e. The summed E-state index contributed by atoms with van der Waals surface area (Å²) in [7, 11) is 0. The molecule has 0 saturated carbocycles. The smallest absolute Gasteiger partial charge is 0.407 e. The molecule has 0 unspecified atom stereocenters. The van der Waals surface area contributed by atoms with E-state index in [-0.39, 0.29) is 5.54 Å². The molecule has 1 rings (SSSR count). The Bertz CT molecular complexity index is 174. The van der Waals surface area contributed by atoms with Crippen LogP contribution in [-0.4, -0.2) is 34.1 Å². The van der Waals surface area contributed by atoms with Crippen LogP contribution >= 0.6 is 11.6 Å². The van der Waals surface area contributed by atoms with Gasteiger partial charge in [-0.05, 0) is 19.8 Å². The highest BCUT2D eigenvalue weighted by Gasteiger charge is 2.38. The first-order valence-corrected chi connectivity index (χ1v) is 4.20. The minimum atomic E-state index is -0.856. The van der Waals surface area contributed by atoms with Gasteiger partial charge in [-0.15, -0.1) is 11.6 Å². The molecule has 3 nitrogen and oxygen atoms in total. The van der Waals surface area contributed by atoms with E-state index in [0.717, 1.165) is 12.8 Å². The summed E-state index contributed by atoms with van der Waals surface area (Å²) in [5.74, 6) is 0.388. The van der Waals surface area contributed by atoms with Crippen molar-refractivity contribution in [3.8, 4) is 0 Å². The van der Waals surface area contributed by atoms with Gasteiger partial charge in [-0.1, -0.05) is 0 Å². The molecular formula is C7H12ClNO2. The van der Waals surface area contributed by atoms with E-state index in [1.54, 1.807) is 0 Å². The lowest BCUT2D eigenvalue weighted by molar-refractivity contribution is 0.118. The van der Waals surface area contributed by atoms with Crippen molar-refractivity contribution in [1.29, 1.82) is 0 Å². The van der Waals surface area contributed by atoms with Crippen LogP contribution in [0.3, 0.4) is 0 Å². The van der Waals surface area contributed by atoms with Crippen LogP contribution in [0, 0.1) is 0 Å². The van der Waals surface area contributed by atoms with E-state index >= 15 is 0 Å². The fourth-order valence-corrected chi connectivity index (χ4v) is 1.77. The molecule has 1 heterocycles. The number of halogens is 1. The Morgan fingerprint density at radius 3 is 2.82 bits per heavy atom. The summed E-state index contributed by atoms with van der Waals surface area (Å²) in [5.41, 5.74) is -0.326. The van der Waals surface area contributed by atoms with E-state index < -0.39 is 6.09 Å². The highest BCUT2D eigenvalue weighted by atomic mass is 35.5. The van der Waals surface area contributed by atoms with Crippen molar-refractivity contribution in [3.05, 3.63) is 0 Å². The van der Waals surface area contributed by atoms with Crippen molar-refractivity contribution in [2.45, 2.75) is 25.3 Å². The number of hydrogen-bond donors (Lipinski definition) is 1. The zero-order chi connectivity index (χ0) is 8.48. The van der Waals surface area contributed by atoms with Gasteiger partial charge in [0.25, 0.3) is 0 Å². The Kier molecular flexibility index (Phi) is 2.28. The van der Waals surface area contributed by atoms with Gasteiger partial charge in [-0.3, -0.25) is 0 Å². The second-order valence-corrected chi connectivity index (χ2v) is 3.44. The summed E-state index contributed by atoms with van der Waals surface area (Å²) < 4.78 is 0. The van der Waals surface area contributed by atoms with Crippen LogP contribution in [-0.2, 0) is 0 Å². The second kappa shape index (κ2) is 2.89. The lowest BCUT2D eigenvalue weighted by Crippen LogP contribution is -2.45. The molecular weight excluding hydrogens is 166 g/mol. The maximum atomic E-state index is 10.6. The lowest BCUT2D eigenvalue weighted by atomic mass is 10.0. The van der Waals surface area contributed by atoms with Gasteiger partial charge in [0.05, 0.1) is 5.54 Å². The summed E-state index contributed by atoms with van der Waals surface area (Å²) in [6.45, 7) is 2.51. The van der Waals surface area contributed by atoms with E-state index in [1.165, 1.54) is 4.90 Å². The Morgan fingerprint density at radius 1 is 1.82 bits per heavy atom. The molecule has 1 atom stereocenters. The number of amides is 1. The van der Waals surface area contributed by atoms with Crippen LogP contribution in [0.15, 0.2) is 0 Å². The standard InChI is InChI=1S/C7H12ClNO2/c1-7(5-8)3-2-4-9(7)6(10)11/h2-5H2,1H3,(H,10,11)/t7-/m0/s1. The van der Waals surface area contributed by atoms with Crippen LogP contribution in [0.4, 0.5) is 4.79 Å². The van der Waals surface area contributed by atoms with E-state index in [1.807, 2.05) is 6.92 Å². The number of alkyl halides is 1. The molecule has 1 N–H and O–H groups in total. The summed E-state index contributed by atoms with van der Waals surface area (Å²) >= 11 is 5.68. The Morgan fingerprint density at radius 2 is 2.45 bits per heavy atom. The Labute approximate surface area is 70.9 Å². The Balaban J connectivity index is 2.72. The van der Waals surface area contributed by atoms with Crippen LogP contribution in [0.2, 0.25) is 0 Å². The molecule has 1 aliphatic heterocycles. The van der Waals surface area contributed by atoms with Crippen LogP contribution in [0.1, 0.15) is 19.8 Å². The van der Waals surface area contributed by atoms with Gasteiger partial charge in [0.2, 0.25) is 0 Å². The van der Waals surface area contributed by atoms with Crippen LogP contribution in [0.5, 0.6) is 0 Å². The third-order valence-electron chi connectivity index (χ3n) is 2.27. The van der Waals surface area contributed by atoms with E-state index in [2.05, 4.69) is 0 Å². The molecule has 1 fully saturated rings. The minimum absolute atomic E-state index is 0.326. The van der Waals surface area contributed by atoms with Gasteiger partial charge < -0.3 is 10.0 Å². The lowest BCUT2D eigenvalue weighted by Gasteiger charge is -2.30. The van der Waals surface area contributed by atoms with Gasteiger partial charge >= 0.3 is 6.09 Å². The minimum Gasteiger partial charge on any atom is -0.465 e. The third-order valence-corrected chi connectivity index (χ3v) is 2.84. The third kappa shape index (κ3) is 1.43. The highest BCUT2D eigenvalue weighted by Crippen LogP contribution is 2.29. The molecule has 0 aromatic heterocycles. The molecule has 0 aliphatic carbocycles. The molecule has 1 saturated heterocycles. The predicted octanol–water partition coefficient (Wildman–Crippen LogP) is 1.76. The summed E-state index contributed by atoms with van der Waals surface area (Å²) in [6, 6.07) is 0. The van der Waals surface area contributed by atoms with E-state index in [9.17, 15) is 4.79 Å². The van der Waals surface area contributed by atoms with Crippen LogP contribution in [0.25, 0.3) is 0 Å². The van der Waals surface area contributed by atoms with Gasteiger partial charge in [-0.2, -0.15) is 0 Å². The zero-order valence-corrected chi connectivity index (χ0v) is 7.26. The first-order valence-electron chi connectivity index (χ1n) is 3.67. The van der Waals surface area contributed by atoms with E-state index in [4.69, 9.17) is 16.7 Å². The predicted molar refractivity (Wildman–Crippen MR) is 43.1 cm³/mol. The van der Waals surface area contributed by atoms with Gasteiger partial charge in [-0.25, -0.2) is 4.79 Å². The van der Waals surface area contributed by atoms with Gasteiger partial charge in [0.1, 0.15) is 0 Å². The summed E-state index contributed by atoms with van der Waals surface area (Å²) in [4.78, 5) is 12.1. The molecule has 0 spiro atoms. The van der Waals surface area contributed by atoms with Crippen molar-refractivity contribution in [2.75, 3.05) is 12.4 Å². The number of carbonyl (C=O) groups is 1. The Hall–Kier alpha value is -0.440. The molecule has 64 valence electrons. The first-order chi connectivity index (χ1) is 5.10. The monoisotopic (exact) mass is 177 g/mol. The number of rotatable bonds is 1. The largest absolute Gasteiger partial charge is 0.465 e. The maximum absolute atomic E-state index is 10.6. The zero-order valence-electron chi connectivity index (χ0n) is 6.51. The fraction of sp³-hybridized carbons (Fsp3) is 0.857. The van der Waals surface area contributed by atoms with E-state index in [0.29, 0.717) is 12.4 Å². The summed E-state index contributed by atoms with van der Waals surface area (Å²) in [6.07, 6.45) is 0.948. The highest BCUT2D eigenvalue weighted by molar-refractivity contribution is 6.18. The number of carboxylic acid groups (broad SMARTS) is 1. The molecule has 11 heavy (non-hydrogen) atoms. The molecule has 0 radical (unpaired) electrons. The topological polar surface area (TPSA) is 40.5 Å². The average molecular weight is 178 g/mol. The number of likely N-dealkylation sites (tertiary alicyclic amines) is 1. The molecule has 4 heteroatoms. The van der Waals surface area contributed by atoms with Crippen LogP contribution < -0.4 is 0 Å². The first kappa shape index (κ1) is 8.65. The number of hydrogen-bond acceptors (Lipinski definition) is 1. The van der Waals surface area contributed by atoms with Crippen molar-refractivity contribution in [3.63, 3.8) is 0 Å². The molecule has 0 aromatic carbocycles. The molecule has 1 amide bonds. The second-order valence-electron chi connectivity index (χ2n) is 3.17. The number of nitrogens with zero attached hydrogens (tertiary/aromatic N) is 1. The van der Waals surface area contributed by atoms with Crippen molar-refractivity contribution in [1.82, 2.24) is 4.90 Å². The van der Waals surface area contributed by atoms with Crippen molar-refractivity contribution < 1.29 is 9.90 Å². The fourth-order valence-electron chi connectivity index (χ4n) is 1.49. The summed E-state index contributed by atoms with van der Waals surface area (Å²) in [5, 5.41) is 8.75. The normalized spacial score (nSPS) is 30.9. The quantitative estimate of drug-likeness (QED) is 0.620. The van der Waals surface area contributed by atoms with Gasteiger partial charge in [0.15, 0.2) is 0 Å².